The van der Waals surface area contributed by atoms with Gasteiger partial charge in [0, 0.05) is 31.0 Å². The fourth-order valence-corrected chi connectivity index (χ4v) is 6.40. The van der Waals surface area contributed by atoms with Gasteiger partial charge in [0.05, 0.1) is 4.90 Å². The van der Waals surface area contributed by atoms with Gasteiger partial charge in [0.25, 0.3) is 0 Å². The summed E-state index contributed by atoms with van der Waals surface area (Å²) in [4.78, 5) is 13.2. The van der Waals surface area contributed by atoms with Crippen LogP contribution in [0.5, 0.6) is 0 Å². The summed E-state index contributed by atoms with van der Waals surface area (Å²) >= 11 is 0. The van der Waals surface area contributed by atoms with Gasteiger partial charge in [0.15, 0.2) is 0 Å². The van der Waals surface area contributed by atoms with E-state index >= 15 is 0 Å². The Kier molecular flexibility index (Phi) is 6.25. The van der Waals surface area contributed by atoms with Crippen LogP contribution in [0.1, 0.15) is 44.1 Å². The highest BCUT2D eigenvalue weighted by Crippen LogP contribution is 2.40. The Morgan fingerprint density at radius 2 is 1.50 bits per heavy atom. The molecular weight excluding hydrogens is 396 g/mol. The van der Waals surface area contributed by atoms with Gasteiger partial charge in [0.1, 0.15) is 0 Å². The van der Waals surface area contributed by atoms with Crippen LogP contribution < -0.4 is 5.32 Å². The molecule has 2 aliphatic rings. The Hall–Kier alpha value is -2.18. The lowest BCUT2D eigenvalue weighted by atomic mass is 9.78. The Bertz CT molecular complexity index is 946. The SMILES string of the molecule is O=C(NCC1(c2ccccc2)CCCC1)C1CCN(S(=O)(=O)c2ccccc2)CC1. The highest BCUT2D eigenvalue weighted by Gasteiger charge is 2.37. The second-order valence-electron chi connectivity index (χ2n) is 8.56. The highest BCUT2D eigenvalue weighted by molar-refractivity contribution is 7.89. The lowest BCUT2D eigenvalue weighted by molar-refractivity contribution is -0.126. The number of carbonyl (C=O) groups excluding carboxylic acids is 1. The molecule has 0 bridgehead atoms. The molecule has 4 rings (SSSR count). The molecule has 0 unspecified atom stereocenters. The van der Waals surface area contributed by atoms with Crippen LogP contribution in [0.3, 0.4) is 0 Å². The molecule has 30 heavy (non-hydrogen) atoms. The Balaban J connectivity index is 1.35. The summed E-state index contributed by atoms with van der Waals surface area (Å²) in [5, 5.41) is 3.21. The van der Waals surface area contributed by atoms with E-state index in [0.29, 0.717) is 37.4 Å². The van der Waals surface area contributed by atoms with Gasteiger partial charge in [-0.05, 0) is 43.4 Å². The van der Waals surface area contributed by atoms with Crippen molar-refractivity contribution in [2.75, 3.05) is 19.6 Å². The molecule has 2 fully saturated rings. The minimum Gasteiger partial charge on any atom is -0.355 e. The molecule has 0 spiro atoms. The fourth-order valence-electron chi connectivity index (χ4n) is 4.91. The van der Waals surface area contributed by atoms with E-state index in [1.54, 1.807) is 24.3 Å². The van der Waals surface area contributed by atoms with Crippen LogP contribution in [0.4, 0.5) is 0 Å². The molecule has 1 heterocycles. The molecule has 1 N–H and O–H groups in total. The van der Waals surface area contributed by atoms with Crippen LogP contribution in [0, 0.1) is 5.92 Å². The van der Waals surface area contributed by atoms with E-state index in [9.17, 15) is 13.2 Å². The molecule has 0 atom stereocenters. The zero-order valence-electron chi connectivity index (χ0n) is 17.3. The molecule has 1 saturated heterocycles. The van der Waals surface area contributed by atoms with Crippen molar-refractivity contribution >= 4 is 15.9 Å². The van der Waals surface area contributed by atoms with Crippen molar-refractivity contribution in [1.82, 2.24) is 9.62 Å². The summed E-state index contributed by atoms with van der Waals surface area (Å²) in [5.41, 5.74) is 1.35. The first-order valence-corrected chi connectivity index (χ1v) is 12.3. The number of piperidine rings is 1. The fraction of sp³-hybridized carbons (Fsp3) is 0.458. The summed E-state index contributed by atoms with van der Waals surface area (Å²) in [6.07, 6.45) is 5.73. The average molecular weight is 427 g/mol. The minimum absolute atomic E-state index is 0.0360. The lowest BCUT2D eigenvalue weighted by Gasteiger charge is -2.33. The van der Waals surface area contributed by atoms with Crippen molar-refractivity contribution in [2.24, 2.45) is 5.92 Å². The summed E-state index contributed by atoms with van der Waals surface area (Å²) in [7, 11) is -3.48. The number of nitrogens with one attached hydrogen (secondary N) is 1. The lowest BCUT2D eigenvalue weighted by Crippen LogP contribution is -2.45. The largest absolute Gasteiger partial charge is 0.355 e. The van der Waals surface area contributed by atoms with Crippen molar-refractivity contribution in [3.8, 4) is 0 Å². The predicted molar refractivity (Wildman–Crippen MR) is 118 cm³/mol. The molecule has 1 aliphatic heterocycles. The van der Waals surface area contributed by atoms with Crippen molar-refractivity contribution in [1.29, 1.82) is 0 Å². The molecule has 6 heteroatoms. The van der Waals surface area contributed by atoms with E-state index in [4.69, 9.17) is 0 Å². The molecule has 0 aromatic heterocycles. The Morgan fingerprint density at radius 3 is 2.10 bits per heavy atom. The number of nitrogens with zero attached hydrogens (tertiary/aromatic N) is 1. The number of carbonyl (C=O) groups is 1. The van der Waals surface area contributed by atoms with Gasteiger partial charge in [-0.15, -0.1) is 0 Å². The molecule has 5 nitrogen and oxygen atoms in total. The van der Waals surface area contributed by atoms with Crippen LogP contribution in [0.15, 0.2) is 65.6 Å². The summed E-state index contributed by atoms with van der Waals surface area (Å²) in [6.45, 7) is 1.44. The van der Waals surface area contributed by atoms with E-state index in [1.165, 1.54) is 22.7 Å². The normalized spacial score (nSPS) is 20.1. The molecule has 1 aliphatic carbocycles. The molecule has 1 saturated carbocycles. The van der Waals surface area contributed by atoms with E-state index in [2.05, 4.69) is 29.6 Å². The first-order valence-electron chi connectivity index (χ1n) is 10.9. The van der Waals surface area contributed by atoms with E-state index in [0.717, 1.165) is 12.8 Å². The summed E-state index contributed by atoms with van der Waals surface area (Å²) in [6, 6.07) is 19.0. The van der Waals surface area contributed by atoms with Crippen LogP contribution >= 0.6 is 0 Å². The van der Waals surface area contributed by atoms with Gasteiger partial charge >= 0.3 is 0 Å². The third-order valence-corrected chi connectivity index (χ3v) is 8.67. The first kappa shape index (κ1) is 21.1. The smallest absolute Gasteiger partial charge is 0.243 e. The second kappa shape index (κ2) is 8.90. The topological polar surface area (TPSA) is 66.5 Å². The van der Waals surface area contributed by atoms with Crippen LogP contribution in [-0.4, -0.2) is 38.3 Å². The maximum absolute atomic E-state index is 12.9. The standard InChI is InChI=1S/C24H30N2O3S/c27-23(25-19-24(15-7-8-16-24)21-9-3-1-4-10-21)20-13-17-26(18-14-20)30(28,29)22-11-5-2-6-12-22/h1-6,9-12,20H,7-8,13-19H2,(H,25,27). The molecule has 160 valence electrons. The van der Waals surface area contributed by atoms with Gasteiger partial charge in [-0.25, -0.2) is 8.42 Å². The average Bonchev–Trinajstić information content (AvgIpc) is 3.29. The number of rotatable bonds is 6. The summed E-state index contributed by atoms with van der Waals surface area (Å²) in [5.74, 6) is -0.0598. The maximum Gasteiger partial charge on any atom is 0.243 e. The van der Waals surface area contributed by atoms with Crippen LogP contribution in [-0.2, 0) is 20.2 Å². The third kappa shape index (κ3) is 4.30. The zero-order valence-corrected chi connectivity index (χ0v) is 18.1. The van der Waals surface area contributed by atoms with Crippen molar-refractivity contribution in [2.45, 2.75) is 48.8 Å². The van der Waals surface area contributed by atoms with Crippen molar-refractivity contribution in [3.05, 3.63) is 66.2 Å². The highest BCUT2D eigenvalue weighted by atomic mass is 32.2. The molecular formula is C24H30N2O3S. The van der Waals surface area contributed by atoms with Crippen molar-refractivity contribution in [3.63, 3.8) is 0 Å². The number of hydrogen-bond donors (Lipinski definition) is 1. The van der Waals surface area contributed by atoms with Crippen LogP contribution in [0.25, 0.3) is 0 Å². The number of amides is 1. The zero-order chi connectivity index (χ0) is 21.0. The molecule has 2 aromatic carbocycles. The predicted octanol–water partition coefficient (Wildman–Crippen LogP) is 3.72. The monoisotopic (exact) mass is 426 g/mol. The Morgan fingerprint density at radius 1 is 0.933 bits per heavy atom. The number of hydrogen-bond acceptors (Lipinski definition) is 3. The van der Waals surface area contributed by atoms with E-state index in [-0.39, 0.29) is 17.2 Å². The third-order valence-electron chi connectivity index (χ3n) is 6.75. The van der Waals surface area contributed by atoms with E-state index in [1.807, 2.05) is 12.1 Å². The van der Waals surface area contributed by atoms with Crippen molar-refractivity contribution < 1.29 is 13.2 Å². The number of sulfonamides is 1. The van der Waals surface area contributed by atoms with Gasteiger partial charge in [0.2, 0.25) is 15.9 Å². The van der Waals surface area contributed by atoms with Gasteiger partial charge in [-0.2, -0.15) is 4.31 Å². The second-order valence-corrected chi connectivity index (χ2v) is 10.5. The van der Waals surface area contributed by atoms with Gasteiger partial charge in [-0.3, -0.25) is 4.79 Å². The minimum atomic E-state index is -3.48. The Labute approximate surface area is 179 Å². The quantitative estimate of drug-likeness (QED) is 0.766. The van der Waals surface area contributed by atoms with Gasteiger partial charge in [-0.1, -0.05) is 61.4 Å². The first-order chi connectivity index (χ1) is 14.5. The molecule has 1 amide bonds. The molecule has 2 aromatic rings. The van der Waals surface area contributed by atoms with Crippen LogP contribution in [0.2, 0.25) is 0 Å². The van der Waals surface area contributed by atoms with E-state index < -0.39 is 10.0 Å². The van der Waals surface area contributed by atoms with Gasteiger partial charge < -0.3 is 5.32 Å². The maximum atomic E-state index is 12.9. The molecule has 0 radical (unpaired) electrons. The number of benzene rings is 2. The summed E-state index contributed by atoms with van der Waals surface area (Å²) < 4.78 is 27.1.